The Balaban J connectivity index is 1.80. The summed E-state index contributed by atoms with van der Waals surface area (Å²) in [5.41, 5.74) is 1.64. The lowest BCUT2D eigenvalue weighted by Crippen LogP contribution is -2.00. The van der Waals surface area contributed by atoms with Crippen LogP contribution in [0.15, 0.2) is 58.6 Å². The highest BCUT2D eigenvalue weighted by Crippen LogP contribution is 2.31. The molecule has 0 saturated heterocycles. The van der Waals surface area contributed by atoms with Crippen molar-refractivity contribution in [1.29, 1.82) is 0 Å². The van der Waals surface area contributed by atoms with Crippen molar-refractivity contribution in [2.75, 3.05) is 6.26 Å². The van der Waals surface area contributed by atoms with Crippen LogP contribution in [0.5, 0.6) is 5.75 Å². The zero-order valence-electron chi connectivity index (χ0n) is 14.5. The maximum absolute atomic E-state index is 11.5. The summed E-state index contributed by atoms with van der Waals surface area (Å²) in [6, 6.07) is 13.9. The van der Waals surface area contributed by atoms with Crippen LogP contribution in [0.4, 0.5) is 0 Å². The van der Waals surface area contributed by atoms with Crippen molar-refractivity contribution >= 4 is 21.6 Å². The second-order valence-corrected chi connectivity index (χ2v) is 8.73. The van der Waals surface area contributed by atoms with Crippen molar-refractivity contribution in [2.24, 2.45) is 0 Å². The summed E-state index contributed by atoms with van der Waals surface area (Å²) in [6.07, 6.45) is 1.20. The largest absolute Gasteiger partial charge is 0.507 e. The standard InChI is InChI=1S/C18H19N3O3S2/c1-3-21-17(15-6-4-5-7-16(15)22)19-20-18(21)25-12-13-8-10-14(11-9-13)26(2,23)24/h4-11,22H,3,12H2,1-2H3. The second-order valence-electron chi connectivity index (χ2n) is 5.77. The molecule has 1 heterocycles. The van der Waals surface area contributed by atoms with Gasteiger partial charge in [0.2, 0.25) is 0 Å². The Labute approximate surface area is 156 Å². The highest BCUT2D eigenvalue weighted by molar-refractivity contribution is 7.98. The van der Waals surface area contributed by atoms with E-state index in [1.165, 1.54) is 18.0 Å². The average Bonchev–Trinajstić information content (AvgIpc) is 3.02. The van der Waals surface area contributed by atoms with Crippen LogP contribution in [0.3, 0.4) is 0 Å². The van der Waals surface area contributed by atoms with E-state index in [1.54, 1.807) is 36.4 Å². The summed E-state index contributed by atoms with van der Waals surface area (Å²) in [5.74, 6) is 1.44. The Kier molecular flexibility index (Phi) is 5.33. The molecule has 0 radical (unpaired) electrons. The third kappa shape index (κ3) is 3.91. The van der Waals surface area contributed by atoms with E-state index in [4.69, 9.17) is 0 Å². The number of para-hydroxylation sites is 1. The molecule has 3 aromatic rings. The monoisotopic (exact) mass is 389 g/mol. The Morgan fingerprint density at radius 3 is 2.38 bits per heavy atom. The molecule has 0 aliphatic heterocycles. The number of phenolic OH excluding ortho intramolecular Hbond substituents is 1. The van der Waals surface area contributed by atoms with Gasteiger partial charge >= 0.3 is 0 Å². The van der Waals surface area contributed by atoms with Crippen LogP contribution in [0.25, 0.3) is 11.4 Å². The van der Waals surface area contributed by atoms with Gasteiger partial charge in [-0.3, -0.25) is 0 Å². The fourth-order valence-electron chi connectivity index (χ4n) is 2.52. The zero-order valence-corrected chi connectivity index (χ0v) is 16.1. The van der Waals surface area contributed by atoms with E-state index < -0.39 is 9.84 Å². The van der Waals surface area contributed by atoms with Crippen LogP contribution < -0.4 is 0 Å². The van der Waals surface area contributed by atoms with Gasteiger partial charge in [-0.05, 0) is 36.8 Å². The fourth-order valence-corrected chi connectivity index (χ4v) is 4.11. The minimum absolute atomic E-state index is 0.169. The first-order chi connectivity index (χ1) is 12.4. The molecule has 0 amide bonds. The molecular formula is C18H19N3O3S2. The van der Waals surface area contributed by atoms with Crippen molar-refractivity contribution in [3.63, 3.8) is 0 Å². The van der Waals surface area contributed by atoms with Crippen LogP contribution >= 0.6 is 11.8 Å². The molecule has 0 fully saturated rings. The predicted octanol–water partition coefficient (Wildman–Crippen LogP) is 3.37. The van der Waals surface area contributed by atoms with Crippen molar-refractivity contribution in [1.82, 2.24) is 14.8 Å². The van der Waals surface area contributed by atoms with Gasteiger partial charge in [0, 0.05) is 18.6 Å². The molecule has 26 heavy (non-hydrogen) atoms. The lowest BCUT2D eigenvalue weighted by Gasteiger charge is -2.08. The number of hydrogen-bond acceptors (Lipinski definition) is 6. The number of nitrogens with zero attached hydrogens (tertiary/aromatic N) is 3. The number of hydrogen-bond donors (Lipinski definition) is 1. The van der Waals surface area contributed by atoms with Gasteiger partial charge in [0.25, 0.3) is 0 Å². The van der Waals surface area contributed by atoms with Crippen LogP contribution in [-0.4, -0.2) is 34.5 Å². The first kappa shape index (κ1) is 18.5. The zero-order chi connectivity index (χ0) is 18.7. The van der Waals surface area contributed by atoms with Gasteiger partial charge in [0.1, 0.15) is 5.75 Å². The summed E-state index contributed by atoms with van der Waals surface area (Å²) in [6.45, 7) is 2.67. The number of aromatic hydroxyl groups is 1. The van der Waals surface area contributed by atoms with E-state index in [2.05, 4.69) is 10.2 Å². The SMILES string of the molecule is CCn1c(SCc2ccc(S(C)(=O)=O)cc2)nnc1-c1ccccc1O. The van der Waals surface area contributed by atoms with E-state index in [0.717, 1.165) is 10.7 Å². The second kappa shape index (κ2) is 7.51. The molecule has 3 rings (SSSR count). The normalized spacial score (nSPS) is 11.6. The van der Waals surface area contributed by atoms with Gasteiger partial charge in [-0.2, -0.15) is 0 Å². The van der Waals surface area contributed by atoms with E-state index in [0.29, 0.717) is 28.6 Å². The number of aromatic nitrogens is 3. The molecule has 0 saturated carbocycles. The molecule has 1 N–H and O–H groups in total. The summed E-state index contributed by atoms with van der Waals surface area (Å²) < 4.78 is 25.0. The minimum atomic E-state index is -3.19. The molecule has 0 aliphatic rings. The molecule has 8 heteroatoms. The third-order valence-corrected chi connectivity index (χ3v) is 6.06. The lowest BCUT2D eigenvalue weighted by molar-refractivity contribution is 0.476. The average molecular weight is 390 g/mol. The lowest BCUT2D eigenvalue weighted by atomic mass is 10.2. The van der Waals surface area contributed by atoms with E-state index in [9.17, 15) is 13.5 Å². The van der Waals surface area contributed by atoms with E-state index in [-0.39, 0.29) is 5.75 Å². The van der Waals surface area contributed by atoms with Crippen molar-refractivity contribution in [2.45, 2.75) is 29.3 Å². The number of benzene rings is 2. The molecular weight excluding hydrogens is 370 g/mol. The van der Waals surface area contributed by atoms with E-state index in [1.807, 2.05) is 23.6 Å². The number of phenols is 1. The van der Waals surface area contributed by atoms with Gasteiger partial charge in [0.05, 0.1) is 10.5 Å². The highest BCUT2D eigenvalue weighted by Gasteiger charge is 2.16. The van der Waals surface area contributed by atoms with Crippen molar-refractivity contribution in [3.8, 4) is 17.1 Å². The van der Waals surface area contributed by atoms with Gasteiger partial charge < -0.3 is 9.67 Å². The smallest absolute Gasteiger partial charge is 0.191 e. The molecule has 6 nitrogen and oxygen atoms in total. The quantitative estimate of drug-likeness (QED) is 0.651. The molecule has 136 valence electrons. The molecule has 0 unspecified atom stereocenters. The Morgan fingerprint density at radius 1 is 1.08 bits per heavy atom. The molecule has 0 aliphatic carbocycles. The van der Waals surface area contributed by atoms with Gasteiger partial charge in [0.15, 0.2) is 20.8 Å². The summed E-state index contributed by atoms with van der Waals surface area (Å²) in [4.78, 5) is 0.310. The molecule has 0 atom stereocenters. The summed E-state index contributed by atoms with van der Waals surface area (Å²) in [7, 11) is -3.19. The van der Waals surface area contributed by atoms with Crippen LogP contribution in [0.2, 0.25) is 0 Å². The van der Waals surface area contributed by atoms with Gasteiger partial charge in [-0.1, -0.05) is 36.0 Å². The summed E-state index contributed by atoms with van der Waals surface area (Å²) in [5, 5.41) is 19.3. The molecule has 0 bridgehead atoms. The van der Waals surface area contributed by atoms with Gasteiger partial charge in [-0.15, -0.1) is 10.2 Å². The van der Waals surface area contributed by atoms with E-state index >= 15 is 0 Å². The Hall–Kier alpha value is -2.32. The molecule has 0 spiro atoms. The first-order valence-electron chi connectivity index (χ1n) is 8.03. The number of sulfone groups is 1. The maximum atomic E-state index is 11.5. The minimum Gasteiger partial charge on any atom is -0.507 e. The topological polar surface area (TPSA) is 85.1 Å². The van der Waals surface area contributed by atoms with Crippen molar-refractivity contribution in [3.05, 3.63) is 54.1 Å². The Morgan fingerprint density at radius 2 is 1.77 bits per heavy atom. The van der Waals surface area contributed by atoms with Crippen LogP contribution in [-0.2, 0) is 22.1 Å². The van der Waals surface area contributed by atoms with Crippen LogP contribution in [0.1, 0.15) is 12.5 Å². The molecule has 1 aromatic heterocycles. The third-order valence-electron chi connectivity index (χ3n) is 3.90. The number of thioether (sulfide) groups is 1. The molecule has 2 aromatic carbocycles. The number of rotatable bonds is 6. The fraction of sp³-hybridized carbons (Fsp3) is 0.222. The predicted molar refractivity (Wildman–Crippen MR) is 102 cm³/mol. The van der Waals surface area contributed by atoms with Crippen molar-refractivity contribution < 1.29 is 13.5 Å². The Bertz CT molecular complexity index is 1010. The van der Waals surface area contributed by atoms with Crippen LogP contribution in [0, 0.1) is 0 Å². The first-order valence-corrected chi connectivity index (χ1v) is 10.9. The maximum Gasteiger partial charge on any atom is 0.191 e. The summed E-state index contributed by atoms with van der Waals surface area (Å²) >= 11 is 1.52. The highest BCUT2D eigenvalue weighted by atomic mass is 32.2. The van der Waals surface area contributed by atoms with Gasteiger partial charge in [-0.25, -0.2) is 8.42 Å².